The number of rotatable bonds is 11. The van der Waals surface area contributed by atoms with Crippen LogP contribution in [0.15, 0.2) is 72.8 Å². The number of carbonyl (C=O) groups is 3. The van der Waals surface area contributed by atoms with Gasteiger partial charge in [-0.2, -0.15) is 0 Å². The first kappa shape index (κ1) is 35.4. The third kappa shape index (κ3) is 6.58. The Kier molecular flexibility index (Phi) is 9.95. The van der Waals surface area contributed by atoms with Crippen molar-refractivity contribution in [3.63, 3.8) is 0 Å². The van der Waals surface area contributed by atoms with Gasteiger partial charge < -0.3 is 29.3 Å². The topological polar surface area (TPSA) is 154 Å². The maximum absolute atomic E-state index is 14.9. The number of fused-ring (bicyclic) bond motifs is 2. The minimum absolute atomic E-state index is 0.0548. The lowest BCUT2D eigenvalue weighted by atomic mass is 9.82. The second kappa shape index (κ2) is 14.1. The summed E-state index contributed by atoms with van der Waals surface area (Å²) in [4.78, 5) is 69.5. The molecular formula is C37H44N4O8Si. The number of non-ortho nitro benzene ring substituents is 1. The molecule has 50 heavy (non-hydrogen) atoms. The van der Waals surface area contributed by atoms with Crippen LogP contribution < -0.4 is 9.80 Å². The summed E-state index contributed by atoms with van der Waals surface area (Å²) in [7, 11) is -3.14. The van der Waals surface area contributed by atoms with Gasteiger partial charge in [0.05, 0.1) is 36.3 Å². The summed E-state index contributed by atoms with van der Waals surface area (Å²) in [6.07, 6.45) is 1.23. The lowest BCUT2D eigenvalue weighted by molar-refractivity contribution is -0.385. The van der Waals surface area contributed by atoms with Crippen LogP contribution in [-0.2, 0) is 37.8 Å². The zero-order valence-electron chi connectivity index (χ0n) is 28.7. The number of aliphatic hydroxyl groups is 1. The zero-order valence-corrected chi connectivity index (χ0v) is 29.7. The smallest absolute Gasteiger partial charge is 0.269 e. The quantitative estimate of drug-likeness (QED) is 0.163. The van der Waals surface area contributed by atoms with Crippen LogP contribution in [0.5, 0.6) is 0 Å². The number of nitrogens with zero attached hydrogens (tertiary/aromatic N) is 4. The Morgan fingerprint density at radius 2 is 1.80 bits per heavy atom. The molecule has 0 aromatic heterocycles. The number of hydrogen-bond acceptors (Lipinski definition) is 8. The predicted octanol–water partition coefficient (Wildman–Crippen LogP) is 4.87. The Morgan fingerprint density at radius 1 is 1.06 bits per heavy atom. The van der Waals surface area contributed by atoms with Crippen molar-refractivity contribution >= 4 is 43.1 Å². The first-order valence-corrected chi connectivity index (χ1v) is 20.2. The van der Waals surface area contributed by atoms with E-state index >= 15 is 0 Å². The predicted molar refractivity (Wildman–Crippen MR) is 190 cm³/mol. The van der Waals surface area contributed by atoms with Crippen molar-refractivity contribution in [3.05, 3.63) is 99.6 Å². The Bertz CT molecular complexity index is 1780. The molecule has 2 fully saturated rings. The number of piperidine rings is 1. The molecule has 0 radical (unpaired) electrons. The molecule has 0 aliphatic carbocycles. The number of hydrogen-bond donors (Lipinski definition) is 2. The molecule has 2 saturated heterocycles. The van der Waals surface area contributed by atoms with Gasteiger partial charge in [-0.25, -0.2) is 0 Å². The van der Waals surface area contributed by atoms with E-state index < -0.39 is 42.3 Å². The second-order valence-corrected chi connectivity index (χ2v) is 18.1. The molecule has 1 spiro atoms. The number of nitro benzene ring substituents is 1. The van der Waals surface area contributed by atoms with Crippen molar-refractivity contribution in [1.29, 1.82) is 0 Å². The van der Waals surface area contributed by atoms with Crippen molar-refractivity contribution in [2.75, 3.05) is 29.5 Å². The van der Waals surface area contributed by atoms with E-state index in [4.69, 9.17) is 4.74 Å². The molecular weight excluding hydrogens is 657 g/mol. The number of amides is 3. The fraction of sp³-hybridized carbons (Fsp3) is 0.432. The first-order chi connectivity index (χ1) is 23.8. The third-order valence-corrected chi connectivity index (χ3v) is 12.9. The van der Waals surface area contributed by atoms with E-state index in [1.165, 1.54) is 12.1 Å². The van der Waals surface area contributed by atoms with E-state index in [1.807, 2.05) is 61.5 Å². The van der Waals surface area contributed by atoms with Crippen LogP contribution in [0.3, 0.4) is 0 Å². The van der Waals surface area contributed by atoms with E-state index in [9.17, 15) is 34.4 Å². The highest BCUT2D eigenvalue weighted by atomic mass is 28.4. The Labute approximate surface area is 292 Å². The fourth-order valence-corrected chi connectivity index (χ4v) is 10.7. The molecule has 3 aromatic rings. The van der Waals surface area contributed by atoms with Crippen molar-refractivity contribution in [1.82, 2.24) is 4.90 Å². The van der Waals surface area contributed by atoms with Gasteiger partial charge in [-0.05, 0) is 55.3 Å². The lowest BCUT2D eigenvalue weighted by Crippen LogP contribution is -2.46. The summed E-state index contributed by atoms with van der Waals surface area (Å²) in [6, 6.07) is 21.2. The van der Waals surface area contributed by atoms with Crippen LogP contribution in [0, 0.1) is 16.0 Å². The molecule has 0 unspecified atom stereocenters. The lowest BCUT2D eigenvalue weighted by Gasteiger charge is -2.32. The highest BCUT2D eigenvalue weighted by Crippen LogP contribution is 2.60. The van der Waals surface area contributed by atoms with Gasteiger partial charge in [0.25, 0.3) is 11.6 Å². The standard InChI is InChI=1S/C37H44N4O8Si/c1-25-35(50(2,3)48)32(22-34(44)38(18-19-42)23-26-10-5-4-6-11-26)49-37(25)30-21-29(41(46)47)15-16-31(30)40(36(37)45)24-27-12-9-13-28(20-27)39-17-8-7-14-33(39)43/h4-6,9-13,15-16,20-21,25,32,35,42,48H,7-8,14,17-19,22-24H2,1-3H3/t25-,32+,35-,37+/m1/s1. The summed E-state index contributed by atoms with van der Waals surface area (Å²) >= 11 is 0. The van der Waals surface area contributed by atoms with Crippen LogP contribution in [0.4, 0.5) is 17.1 Å². The minimum Gasteiger partial charge on any atom is -0.432 e. The monoisotopic (exact) mass is 700 g/mol. The van der Waals surface area contributed by atoms with Gasteiger partial charge in [0.2, 0.25) is 11.8 Å². The van der Waals surface area contributed by atoms with Crippen molar-refractivity contribution in [2.24, 2.45) is 5.92 Å². The molecule has 264 valence electrons. The molecule has 12 nitrogen and oxygen atoms in total. The molecule has 2 N–H and O–H groups in total. The highest BCUT2D eigenvalue weighted by Gasteiger charge is 2.66. The van der Waals surface area contributed by atoms with Crippen LogP contribution in [0.1, 0.15) is 49.3 Å². The van der Waals surface area contributed by atoms with Crippen molar-refractivity contribution in [2.45, 2.75) is 76.0 Å². The van der Waals surface area contributed by atoms with Crippen LogP contribution in [0.25, 0.3) is 0 Å². The van der Waals surface area contributed by atoms with E-state index in [2.05, 4.69) is 0 Å². The molecule has 6 rings (SSSR count). The molecule has 3 amide bonds. The number of ether oxygens (including phenoxy) is 1. The number of aliphatic hydroxyl groups excluding tert-OH is 1. The fourth-order valence-electron chi connectivity index (χ4n) is 8.14. The number of nitro groups is 1. The Hall–Kier alpha value is -4.43. The molecule has 0 bridgehead atoms. The summed E-state index contributed by atoms with van der Waals surface area (Å²) in [5.41, 5.74) is 0.723. The Balaban J connectivity index is 1.36. The van der Waals surface area contributed by atoms with Crippen LogP contribution >= 0.6 is 0 Å². The summed E-state index contributed by atoms with van der Waals surface area (Å²) in [5, 5.41) is 21.8. The van der Waals surface area contributed by atoms with Gasteiger partial charge in [0.15, 0.2) is 13.9 Å². The summed E-state index contributed by atoms with van der Waals surface area (Å²) in [5.74, 6) is -1.30. The van der Waals surface area contributed by atoms with Gasteiger partial charge in [-0.3, -0.25) is 24.5 Å². The molecule has 3 aliphatic rings. The second-order valence-electron chi connectivity index (χ2n) is 14.1. The summed E-state index contributed by atoms with van der Waals surface area (Å²) < 4.78 is 6.78. The van der Waals surface area contributed by atoms with Gasteiger partial charge >= 0.3 is 0 Å². The molecule has 3 aromatic carbocycles. The average molecular weight is 701 g/mol. The minimum atomic E-state index is -3.14. The van der Waals surface area contributed by atoms with Gasteiger partial charge in [0.1, 0.15) is 0 Å². The number of carbonyl (C=O) groups excluding carboxylic acids is 3. The summed E-state index contributed by atoms with van der Waals surface area (Å²) in [6.45, 7) is 6.18. The SMILES string of the molecule is C[C@@H]1[C@@H]([Si](C)(C)O)[C@H](CC(=O)N(CCO)Cc2ccccc2)O[C@@]12C(=O)N(Cc1cccc(N3CCCCC3=O)c1)c1ccc([N+](=O)[O-])cc12. The van der Waals surface area contributed by atoms with Gasteiger partial charge in [-0.15, -0.1) is 0 Å². The molecule has 13 heteroatoms. The molecule has 3 heterocycles. The maximum atomic E-state index is 14.9. The third-order valence-electron chi connectivity index (χ3n) is 10.4. The van der Waals surface area contributed by atoms with Gasteiger partial charge in [-0.1, -0.05) is 49.4 Å². The number of benzene rings is 3. The number of anilines is 2. The maximum Gasteiger partial charge on any atom is 0.269 e. The van der Waals surface area contributed by atoms with Crippen molar-refractivity contribution in [3.8, 4) is 0 Å². The molecule has 0 saturated carbocycles. The van der Waals surface area contributed by atoms with Gasteiger partial charge in [0, 0.05) is 60.9 Å². The van der Waals surface area contributed by atoms with E-state index in [0.717, 1.165) is 29.7 Å². The van der Waals surface area contributed by atoms with Crippen molar-refractivity contribution < 1.29 is 33.9 Å². The van der Waals surface area contributed by atoms with Crippen LogP contribution in [-0.4, -0.2) is 71.6 Å². The van der Waals surface area contributed by atoms with E-state index in [1.54, 1.807) is 33.9 Å². The van der Waals surface area contributed by atoms with Crippen LogP contribution in [0.2, 0.25) is 18.6 Å². The van der Waals surface area contributed by atoms with E-state index in [0.29, 0.717) is 24.2 Å². The largest absolute Gasteiger partial charge is 0.432 e. The molecule has 4 atom stereocenters. The zero-order chi connectivity index (χ0) is 35.8. The first-order valence-electron chi connectivity index (χ1n) is 17.2. The average Bonchev–Trinajstić information content (AvgIpc) is 3.51. The van der Waals surface area contributed by atoms with E-state index in [-0.39, 0.29) is 50.2 Å². The Morgan fingerprint density at radius 3 is 2.48 bits per heavy atom. The highest BCUT2D eigenvalue weighted by molar-refractivity contribution is 6.71. The molecule has 3 aliphatic heterocycles. The normalized spacial score (nSPS) is 23.4.